The van der Waals surface area contributed by atoms with Crippen LogP contribution < -0.4 is 51.6 Å². The summed E-state index contributed by atoms with van der Waals surface area (Å²) < 4.78 is 48.8. The molecule has 0 aliphatic rings. The summed E-state index contributed by atoms with van der Waals surface area (Å²) in [6, 6.07) is 25.8. The molecule has 98 heavy (non-hydrogen) atoms. The zero-order chi connectivity index (χ0) is 72.2. The van der Waals surface area contributed by atoms with Crippen LogP contribution in [0.5, 0.6) is 0 Å². The van der Waals surface area contributed by atoms with Crippen molar-refractivity contribution in [2.45, 2.75) is 75.4 Å². The second kappa shape index (κ2) is 36.4. The molecule has 2 aromatic carbocycles. The largest absolute Gasteiger partial charge is 0.478 e. The molecule has 0 unspecified atom stereocenters. The molecule has 0 atom stereocenters. The molecule has 11 aromatic heterocycles. The SMILES string of the molecule is Cc1nc(=O)[nH]o1.Cc1nc(=O)n(-c2ccccn2)o1.Cc1nc(=O)n(C)o1.Cc1noc(=O)[nH]1.Cc1noc(=O)n1-c1ccccc1C#N.Cc1noc(=O)n1-c1ccccn1.Cc1noc(=O)n1C.Cc1noc(=O)n1CCO.Cc1noc(=O)n1Cc1ccccc1C(=O)O. The van der Waals surface area contributed by atoms with Crippen LogP contribution in [0.3, 0.4) is 0 Å². The zero-order valence-corrected chi connectivity index (χ0v) is 53.5. The van der Waals surface area contributed by atoms with Crippen LogP contribution in [-0.2, 0) is 27.2 Å². The van der Waals surface area contributed by atoms with Crippen molar-refractivity contribution in [3.05, 3.63) is 261 Å². The molecule has 0 aliphatic carbocycles. The molecule has 0 amide bonds. The standard InChI is InChI=1S/C11H10N2O4.C10H7N3O2.2C8H7N3O2.C5H8N2O3.2C4H6N2O2.2C3H4N2O2/c1-7-12-17-11(16)13(7)6-8-4-2-3-5-9(8)10(14)15;1-7-12-15-10(14)13(7)9-5-3-2-4-8(9)6-11;1-6-10-13-8(12)11(6)7-4-2-3-5-9-7;1-6-10-8(12)11(13-6)7-4-2-3-5-9-7;1-4-6-10-5(9)7(4)2-3-8;1-3-5-8-4(7)6(3)2;1-3-5-4(7)6(2)8-3;1-2-4-3(6)5-7-2;1-2-4-3(6)7-5-2/h2-5H,6H2,1H3,(H,14,15);2-5H,1H3;2*2-5H,1H3;8H,2-3H2,1H3;2*1-2H3;1H3,(H,5,6);1H3,(H,4,5,6). The van der Waals surface area contributed by atoms with Crippen molar-refractivity contribution < 1.29 is 55.7 Å². The fourth-order valence-corrected chi connectivity index (χ4v) is 7.08. The monoisotopic (exact) mass is 1360 g/mol. The zero-order valence-electron chi connectivity index (χ0n) is 53.5. The molecule has 42 nitrogen and oxygen atoms in total. The van der Waals surface area contributed by atoms with E-state index in [1.807, 2.05) is 11.2 Å². The number of benzene rings is 2. The number of nitrogens with zero attached hydrogens (tertiary/aromatic N) is 19. The van der Waals surface area contributed by atoms with Crippen LogP contribution in [0.2, 0.25) is 0 Å². The molecule has 0 aliphatic heterocycles. The van der Waals surface area contributed by atoms with Gasteiger partial charge < -0.3 is 23.8 Å². The average Bonchev–Trinajstić information content (AvgIpc) is 1.62. The maximum absolute atomic E-state index is 11.3. The number of aromatic amines is 2. The second-order valence-corrected chi connectivity index (χ2v) is 18.8. The number of aromatic carboxylic acids is 1. The van der Waals surface area contributed by atoms with E-state index < -0.39 is 51.9 Å². The van der Waals surface area contributed by atoms with Gasteiger partial charge in [-0.15, -0.1) is 4.74 Å². The molecule has 13 rings (SSSR count). The maximum Gasteiger partial charge on any atom is 0.447 e. The van der Waals surface area contributed by atoms with E-state index in [0.717, 1.165) is 9.48 Å². The van der Waals surface area contributed by atoms with E-state index in [9.17, 15) is 47.9 Å². The van der Waals surface area contributed by atoms with Crippen LogP contribution >= 0.6 is 0 Å². The highest BCUT2D eigenvalue weighted by atomic mass is 16.5. The van der Waals surface area contributed by atoms with Gasteiger partial charge in [0.2, 0.25) is 17.7 Å². The number of nitriles is 1. The fraction of sp³-hybridized carbons (Fsp3) is 0.250. The number of aliphatic hydroxyl groups excluding tert-OH is 1. The lowest BCUT2D eigenvalue weighted by Crippen LogP contribution is -2.18. The van der Waals surface area contributed by atoms with Crippen LogP contribution in [0.1, 0.15) is 74.1 Å². The predicted octanol–water partition coefficient (Wildman–Crippen LogP) is 0.798. The van der Waals surface area contributed by atoms with Crippen molar-refractivity contribution in [3.63, 3.8) is 0 Å². The molecule has 514 valence electrons. The molecular weight excluding hydrogens is 1300 g/mol. The van der Waals surface area contributed by atoms with Crippen LogP contribution in [0.25, 0.3) is 17.3 Å². The first-order valence-corrected chi connectivity index (χ1v) is 27.7. The Morgan fingerprint density at radius 1 is 0.541 bits per heavy atom. The number of carboxylic acids is 1. The van der Waals surface area contributed by atoms with Gasteiger partial charge in [-0.1, -0.05) is 73.4 Å². The Morgan fingerprint density at radius 2 is 1.06 bits per heavy atom. The van der Waals surface area contributed by atoms with Crippen molar-refractivity contribution in [2.75, 3.05) is 6.61 Å². The number of carbonyl (C=O) groups is 1. The summed E-state index contributed by atoms with van der Waals surface area (Å²) >= 11 is 0. The van der Waals surface area contributed by atoms with Crippen LogP contribution in [0.15, 0.2) is 181 Å². The molecule has 0 fully saturated rings. The number of pyridine rings is 2. The minimum Gasteiger partial charge on any atom is -0.478 e. The number of nitrogens with one attached hydrogen (secondary N) is 2. The van der Waals surface area contributed by atoms with E-state index in [0.29, 0.717) is 81.1 Å². The molecule has 0 saturated carbocycles. The predicted molar refractivity (Wildman–Crippen MR) is 328 cm³/mol. The number of aliphatic hydroxyl groups is 1. The highest BCUT2D eigenvalue weighted by molar-refractivity contribution is 5.89. The van der Waals surface area contributed by atoms with Gasteiger partial charge in [0.25, 0.3) is 0 Å². The van der Waals surface area contributed by atoms with E-state index in [1.54, 1.807) is 161 Å². The van der Waals surface area contributed by atoms with Crippen molar-refractivity contribution in [2.24, 2.45) is 14.1 Å². The minimum absolute atomic E-state index is 0.0814. The number of aryl methyl sites for hydroxylation is 10. The van der Waals surface area contributed by atoms with Gasteiger partial charge in [0.1, 0.15) is 17.7 Å². The minimum atomic E-state index is -1.03. The van der Waals surface area contributed by atoms with Gasteiger partial charge in [0.05, 0.1) is 43.6 Å². The Balaban J connectivity index is 0.000000202. The Labute approximate surface area is 544 Å². The lowest BCUT2D eigenvalue weighted by molar-refractivity contribution is 0.0695. The number of para-hydroxylation sites is 1. The second-order valence-electron chi connectivity index (χ2n) is 18.8. The third-order valence-electron chi connectivity index (χ3n) is 11.7. The third kappa shape index (κ3) is 22.2. The Hall–Kier alpha value is -13.9. The van der Waals surface area contributed by atoms with Gasteiger partial charge in [-0.2, -0.15) is 30.1 Å². The van der Waals surface area contributed by atoms with E-state index in [-0.39, 0.29) is 30.9 Å². The first-order valence-electron chi connectivity index (χ1n) is 27.7. The normalized spacial score (nSPS) is 9.99. The molecule has 0 radical (unpaired) electrons. The van der Waals surface area contributed by atoms with E-state index >= 15 is 0 Å². The topological polar surface area (TPSA) is 561 Å². The molecule has 0 spiro atoms. The highest BCUT2D eigenvalue weighted by Gasteiger charge is 2.15. The van der Waals surface area contributed by atoms with Gasteiger partial charge in [-0.3, -0.25) is 45.8 Å². The Morgan fingerprint density at radius 3 is 1.44 bits per heavy atom. The molecule has 0 saturated heterocycles. The summed E-state index contributed by atoms with van der Waals surface area (Å²) in [7, 11) is 3.12. The summed E-state index contributed by atoms with van der Waals surface area (Å²) in [5, 5.41) is 49.0. The van der Waals surface area contributed by atoms with Crippen molar-refractivity contribution >= 4 is 5.97 Å². The molecule has 13 aromatic rings. The molecule has 42 heteroatoms. The Bertz CT molecular complexity index is 5200. The van der Waals surface area contributed by atoms with Crippen molar-refractivity contribution in [1.29, 1.82) is 5.26 Å². The van der Waals surface area contributed by atoms with E-state index in [2.05, 4.69) is 92.5 Å². The summed E-state index contributed by atoms with van der Waals surface area (Å²) in [5.41, 5.74) is 0.374. The fourth-order valence-electron chi connectivity index (χ4n) is 7.08. The third-order valence-corrected chi connectivity index (χ3v) is 11.7. The smallest absolute Gasteiger partial charge is 0.447 e. The summed E-state index contributed by atoms with van der Waals surface area (Å²) in [4.78, 5) is 128. The number of hydrogen-bond donors (Lipinski definition) is 4. The van der Waals surface area contributed by atoms with Gasteiger partial charge in [0.15, 0.2) is 34.9 Å². The van der Waals surface area contributed by atoms with Crippen molar-refractivity contribution in [3.8, 4) is 23.4 Å². The lowest BCUT2D eigenvalue weighted by atomic mass is 10.1. The van der Waals surface area contributed by atoms with E-state index in [4.69, 9.17) is 24.5 Å². The quantitative estimate of drug-likeness (QED) is 0.163. The van der Waals surface area contributed by atoms with Gasteiger partial charge in [0, 0.05) is 40.2 Å². The van der Waals surface area contributed by atoms with E-state index in [1.165, 1.54) is 35.9 Å². The molecular formula is C56H59N21O21. The van der Waals surface area contributed by atoms with Crippen LogP contribution in [0, 0.1) is 73.6 Å². The van der Waals surface area contributed by atoms with Crippen LogP contribution in [0.4, 0.5) is 0 Å². The number of H-pyrrole nitrogens is 2. The van der Waals surface area contributed by atoms with Gasteiger partial charge in [-0.25, -0.2) is 67.0 Å². The number of aromatic nitrogens is 20. The molecule has 11 heterocycles. The molecule has 4 N–H and O–H groups in total. The summed E-state index contributed by atoms with van der Waals surface area (Å²) in [5.74, 6) is 0.793. The first-order chi connectivity index (χ1) is 46.6. The van der Waals surface area contributed by atoms with Gasteiger partial charge >= 0.3 is 57.6 Å². The summed E-state index contributed by atoms with van der Waals surface area (Å²) in [6.45, 7) is 15.1. The van der Waals surface area contributed by atoms with Crippen molar-refractivity contribution in [1.82, 2.24) is 98.3 Å². The first kappa shape index (κ1) is 74.8. The lowest BCUT2D eigenvalue weighted by Gasteiger charge is -2.05. The number of rotatable bonds is 8. The number of hydrogen-bond acceptors (Lipinski definition) is 32. The summed E-state index contributed by atoms with van der Waals surface area (Å²) in [6.07, 6.45) is 3.19. The average molecular weight is 1360 g/mol. The van der Waals surface area contributed by atoms with Crippen LogP contribution in [-0.4, -0.2) is 121 Å². The molecule has 0 bridgehead atoms. The highest BCUT2D eigenvalue weighted by Crippen LogP contribution is 2.13. The number of carboxylic acid groups (broad SMARTS) is 1. The Kier molecular flexibility index (Phi) is 27.8. The maximum atomic E-state index is 11.3. The van der Waals surface area contributed by atoms with Gasteiger partial charge in [-0.05, 0) is 89.6 Å².